The summed E-state index contributed by atoms with van der Waals surface area (Å²) in [6.07, 6.45) is 0. The van der Waals surface area contributed by atoms with E-state index in [2.05, 4.69) is 26.6 Å². The lowest BCUT2D eigenvalue weighted by atomic mass is 10.1. The van der Waals surface area contributed by atoms with E-state index in [9.17, 15) is 4.79 Å². The fourth-order valence-electron chi connectivity index (χ4n) is 1.81. The standard InChI is InChI=1S/C16H17BrN2O/c1-12-4-2-3-5-13(12)10-19-16(20)11-18-15-8-6-14(17)7-9-15/h2-9,18H,10-11H2,1H3,(H,19,20). The van der Waals surface area contributed by atoms with Gasteiger partial charge in [0.1, 0.15) is 0 Å². The number of anilines is 1. The third-order valence-electron chi connectivity index (χ3n) is 3.03. The second-order valence-electron chi connectivity index (χ2n) is 4.56. The number of halogens is 1. The Kier molecular flexibility index (Phi) is 5.18. The van der Waals surface area contributed by atoms with Gasteiger partial charge in [-0.25, -0.2) is 0 Å². The third kappa shape index (κ3) is 4.38. The normalized spacial score (nSPS) is 10.1. The summed E-state index contributed by atoms with van der Waals surface area (Å²) in [4.78, 5) is 11.8. The molecule has 0 aliphatic rings. The van der Waals surface area contributed by atoms with Gasteiger partial charge < -0.3 is 10.6 Å². The van der Waals surface area contributed by atoms with Gasteiger partial charge in [-0.3, -0.25) is 4.79 Å². The molecule has 2 aromatic rings. The van der Waals surface area contributed by atoms with Gasteiger partial charge >= 0.3 is 0 Å². The van der Waals surface area contributed by atoms with E-state index in [0.717, 1.165) is 15.7 Å². The summed E-state index contributed by atoms with van der Waals surface area (Å²) < 4.78 is 1.02. The van der Waals surface area contributed by atoms with Gasteiger partial charge in [0.25, 0.3) is 0 Å². The van der Waals surface area contributed by atoms with Crippen molar-refractivity contribution >= 4 is 27.5 Å². The lowest BCUT2D eigenvalue weighted by Gasteiger charge is -2.09. The van der Waals surface area contributed by atoms with E-state index in [-0.39, 0.29) is 12.5 Å². The van der Waals surface area contributed by atoms with Crippen molar-refractivity contribution in [1.82, 2.24) is 5.32 Å². The lowest BCUT2D eigenvalue weighted by molar-refractivity contribution is -0.119. The highest BCUT2D eigenvalue weighted by atomic mass is 79.9. The smallest absolute Gasteiger partial charge is 0.239 e. The third-order valence-corrected chi connectivity index (χ3v) is 3.56. The van der Waals surface area contributed by atoms with E-state index in [1.807, 2.05) is 55.5 Å². The van der Waals surface area contributed by atoms with Crippen molar-refractivity contribution in [2.24, 2.45) is 0 Å². The molecule has 0 aliphatic heterocycles. The van der Waals surface area contributed by atoms with Crippen LogP contribution in [-0.4, -0.2) is 12.5 Å². The fraction of sp³-hybridized carbons (Fsp3) is 0.188. The number of rotatable bonds is 5. The Labute approximate surface area is 127 Å². The monoisotopic (exact) mass is 332 g/mol. The van der Waals surface area contributed by atoms with Crippen molar-refractivity contribution < 1.29 is 4.79 Å². The van der Waals surface area contributed by atoms with E-state index in [4.69, 9.17) is 0 Å². The Balaban J connectivity index is 1.78. The summed E-state index contributed by atoms with van der Waals surface area (Å²) in [5, 5.41) is 6.00. The Hall–Kier alpha value is -1.81. The van der Waals surface area contributed by atoms with Gasteiger partial charge in [0, 0.05) is 16.7 Å². The van der Waals surface area contributed by atoms with Gasteiger partial charge in [0.05, 0.1) is 6.54 Å². The minimum atomic E-state index is -0.0174. The molecule has 0 aliphatic carbocycles. The van der Waals surface area contributed by atoms with Gasteiger partial charge in [-0.15, -0.1) is 0 Å². The molecule has 0 saturated carbocycles. The number of carbonyl (C=O) groups excluding carboxylic acids is 1. The molecule has 4 heteroatoms. The maximum atomic E-state index is 11.8. The molecule has 3 nitrogen and oxygen atoms in total. The van der Waals surface area contributed by atoms with Crippen molar-refractivity contribution in [2.45, 2.75) is 13.5 Å². The maximum absolute atomic E-state index is 11.8. The van der Waals surface area contributed by atoms with Crippen molar-refractivity contribution in [1.29, 1.82) is 0 Å². The molecule has 0 saturated heterocycles. The summed E-state index contributed by atoms with van der Waals surface area (Å²) in [5.74, 6) is -0.0174. The summed E-state index contributed by atoms with van der Waals surface area (Å²) in [5.41, 5.74) is 3.26. The highest BCUT2D eigenvalue weighted by molar-refractivity contribution is 9.10. The van der Waals surface area contributed by atoms with Crippen molar-refractivity contribution in [3.05, 3.63) is 64.1 Å². The largest absolute Gasteiger partial charge is 0.376 e. The first-order chi connectivity index (χ1) is 9.65. The van der Waals surface area contributed by atoms with Crippen LogP contribution in [0, 0.1) is 6.92 Å². The van der Waals surface area contributed by atoms with Crippen LogP contribution in [0.4, 0.5) is 5.69 Å². The Morgan fingerprint density at radius 2 is 1.80 bits per heavy atom. The highest BCUT2D eigenvalue weighted by Crippen LogP contribution is 2.13. The number of benzene rings is 2. The SMILES string of the molecule is Cc1ccccc1CNC(=O)CNc1ccc(Br)cc1. The molecular weight excluding hydrogens is 316 g/mol. The zero-order chi connectivity index (χ0) is 14.4. The zero-order valence-electron chi connectivity index (χ0n) is 11.3. The molecule has 0 heterocycles. The van der Waals surface area contributed by atoms with Crippen molar-refractivity contribution in [3.63, 3.8) is 0 Å². The Morgan fingerprint density at radius 3 is 2.50 bits per heavy atom. The average molecular weight is 333 g/mol. The number of nitrogens with one attached hydrogen (secondary N) is 2. The van der Waals surface area contributed by atoms with E-state index in [1.165, 1.54) is 5.56 Å². The van der Waals surface area contributed by atoms with Crippen LogP contribution in [0.5, 0.6) is 0 Å². The quantitative estimate of drug-likeness (QED) is 0.879. The molecule has 0 fully saturated rings. The van der Waals surface area contributed by atoms with E-state index in [0.29, 0.717) is 6.54 Å². The van der Waals surface area contributed by atoms with Crippen LogP contribution in [0.1, 0.15) is 11.1 Å². The van der Waals surface area contributed by atoms with Gasteiger partial charge in [-0.2, -0.15) is 0 Å². The van der Waals surface area contributed by atoms with Crippen LogP contribution >= 0.6 is 15.9 Å². The number of hydrogen-bond acceptors (Lipinski definition) is 2. The van der Waals surface area contributed by atoms with Crippen LogP contribution in [-0.2, 0) is 11.3 Å². The van der Waals surface area contributed by atoms with Gasteiger partial charge in [0.2, 0.25) is 5.91 Å². The summed E-state index contributed by atoms with van der Waals surface area (Å²) in [6.45, 7) is 2.88. The number of aryl methyl sites for hydroxylation is 1. The van der Waals surface area contributed by atoms with Crippen molar-refractivity contribution in [3.8, 4) is 0 Å². The molecule has 0 unspecified atom stereocenters. The van der Waals surface area contributed by atoms with Gasteiger partial charge in [-0.05, 0) is 42.3 Å². The van der Waals surface area contributed by atoms with Crippen LogP contribution in [0.25, 0.3) is 0 Å². The predicted octanol–water partition coefficient (Wildman–Crippen LogP) is 3.49. The molecular formula is C16H17BrN2O. The zero-order valence-corrected chi connectivity index (χ0v) is 12.9. The highest BCUT2D eigenvalue weighted by Gasteiger charge is 2.02. The molecule has 104 valence electrons. The van der Waals surface area contributed by atoms with E-state index < -0.39 is 0 Å². The predicted molar refractivity (Wildman–Crippen MR) is 85.7 cm³/mol. The van der Waals surface area contributed by atoms with Crippen molar-refractivity contribution in [2.75, 3.05) is 11.9 Å². The number of carbonyl (C=O) groups is 1. The molecule has 2 aromatic carbocycles. The topological polar surface area (TPSA) is 41.1 Å². The van der Waals surface area contributed by atoms with Crippen LogP contribution in [0.15, 0.2) is 53.0 Å². The molecule has 20 heavy (non-hydrogen) atoms. The Morgan fingerprint density at radius 1 is 1.10 bits per heavy atom. The molecule has 0 spiro atoms. The lowest BCUT2D eigenvalue weighted by Crippen LogP contribution is -2.29. The van der Waals surface area contributed by atoms with Crippen LogP contribution in [0.2, 0.25) is 0 Å². The molecule has 0 radical (unpaired) electrons. The first-order valence-electron chi connectivity index (χ1n) is 6.46. The molecule has 0 bridgehead atoms. The summed E-state index contributed by atoms with van der Waals surface area (Å²) in [7, 11) is 0. The second-order valence-corrected chi connectivity index (χ2v) is 5.48. The molecule has 0 aromatic heterocycles. The second kappa shape index (κ2) is 7.10. The van der Waals surface area contributed by atoms with Gasteiger partial charge in [0.15, 0.2) is 0 Å². The summed E-state index contributed by atoms with van der Waals surface area (Å²) in [6, 6.07) is 15.8. The number of hydrogen-bond donors (Lipinski definition) is 2. The first kappa shape index (κ1) is 14.6. The molecule has 2 N–H and O–H groups in total. The average Bonchev–Trinajstić information content (AvgIpc) is 2.46. The number of amides is 1. The Bertz CT molecular complexity index is 581. The minimum absolute atomic E-state index is 0.0174. The van der Waals surface area contributed by atoms with Gasteiger partial charge in [-0.1, -0.05) is 40.2 Å². The first-order valence-corrected chi connectivity index (χ1v) is 7.25. The fourth-order valence-corrected chi connectivity index (χ4v) is 2.08. The van der Waals surface area contributed by atoms with Crippen LogP contribution in [0.3, 0.4) is 0 Å². The maximum Gasteiger partial charge on any atom is 0.239 e. The van der Waals surface area contributed by atoms with Crippen LogP contribution < -0.4 is 10.6 Å². The van der Waals surface area contributed by atoms with E-state index in [1.54, 1.807) is 0 Å². The minimum Gasteiger partial charge on any atom is -0.376 e. The van der Waals surface area contributed by atoms with E-state index >= 15 is 0 Å². The summed E-state index contributed by atoms with van der Waals surface area (Å²) >= 11 is 3.38. The molecule has 2 rings (SSSR count). The molecule has 1 amide bonds. The molecule has 0 atom stereocenters.